The number of carbonyl (C=O) groups excluding carboxylic acids is 1. The van der Waals surface area contributed by atoms with Gasteiger partial charge >= 0.3 is 0 Å². The first kappa shape index (κ1) is 12.2. The highest BCUT2D eigenvalue weighted by Gasteiger charge is 2.50. The van der Waals surface area contributed by atoms with Crippen molar-refractivity contribution in [2.45, 2.75) is 20.3 Å². The maximum Gasteiger partial charge on any atom is 0.228 e. The van der Waals surface area contributed by atoms with Gasteiger partial charge in [-0.05, 0) is 52.6 Å². The number of halogens is 2. The fraction of sp³-hybridized carbons (Fsp3) is 0.417. The maximum atomic E-state index is 11.9. The zero-order chi connectivity index (χ0) is 11.9. The molecule has 0 bridgehead atoms. The number of benzene rings is 1. The first-order valence-electron chi connectivity index (χ1n) is 5.16. The fourth-order valence-corrected chi connectivity index (χ4v) is 2.73. The predicted octanol–water partition coefficient (Wildman–Crippen LogP) is 3.93. The molecule has 2 nitrogen and oxygen atoms in total. The zero-order valence-corrected chi connectivity index (χ0v) is 12.1. The first-order chi connectivity index (χ1) is 7.40. The van der Waals surface area contributed by atoms with Crippen molar-refractivity contribution in [3.05, 3.63) is 26.8 Å². The number of amides is 1. The molecule has 1 saturated carbocycles. The van der Waals surface area contributed by atoms with Crippen molar-refractivity contribution in [3.8, 4) is 0 Å². The third kappa shape index (κ3) is 2.51. The van der Waals surface area contributed by atoms with E-state index in [0.717, 1.165) is 15.7 Å². The van der Waals surface area contributed by atoms with E-state index >= 15 is 0 Å². The molecule has 0 heterocycles. The molecule has 0 saturated heterocycles. The highest BCUT2D eigenvalue weighted by atomic mass is 127. The van der Waals surface area contributed by atoms with E-state index in [1.807, 2.05) is 12.1 Å². The monoisotopic (exact) mass is 349 g/mol. The van der Waals surface area contributed by atoms with Crippen molar-refractivity contribution in [1.82, 2.24) is 0 Å². The van der Waals surface area contributed by atoms with Gasteiger partial charge < -0.3 is 5.32 Å². The summed E-state index contributed by atoms with van der Waals surface area (Å²) in [6.07, 6.45) is 0.975. The van der Waals surface area contributed by atoms with Crippen molar-refractivity contribution in [1.29, 1.82) is 0 Å². The summed E-state index contributed by atoms with van der Waals surface area (Å²) in [6.45, 7) is 4.23. The highest BCUT2D eigenvalue weighted by molar-refractivity contribution is 14.1. The van der Waals surface area contributed by atoms with Crippen LogP contribution in [0.3, 0.4) is 0 Å². The summed E-state index contributed by atoms with van der Waals surface area (Å²) in [5.74, 6) is 0.268. The SMILES string of the molecule is CC1(C)CC1C(=O)Nc1ccc(Cl)cc1I. The van der Waals surface area contributed by atoms with Crippen LogP contribution in [0.1, 0.15) is 20.3 Å². The molecule has 1 fully saturated rings. The van der Waals surface area contributed by atoms with Crippen LogP contribution in [0.5, 0.6) is 0 Å². The van der Waals surface area contributed by atoms with Gasteiger partial charge in [0, 0.05) is 14.5 Å². The van der Waals surface area contributed by atoms with E-state index in [4.69, 9.17) is 11.6 Å². The smallest absolute Gasteiger partial charge is 0.228 e. The summed E-state index contributed by atoms with van der Waals surface area (Å²) < 4.78 is 0.969. The minimum atomic E-state index is 0.116. The molecule has 1 aliphatic carbocycles. The summed E-state index contributed by atoms with van der Waals surface area (Å²) in [6, 6.07) is 5.48. The van der Waals surface area contributed by atoms with E-state index in [1.165, 1.54) is 0 Å². The van der Waals surface area contributed by atoms with Gasteiger partial charge in [0.05, 0.1) is 5.69 Å². The second-order valence-electron chi connectivity index (χ2n) is 4.86. The van der Waals surface area contributed by atoms with E-state index in [-0.39, 0.29) is 17.2 Å². The molecule has 1 unspecified atom stereocenters. The van der Waals surface area contributed by atoms with Crippen molar-refractivity contribution in [3.63, 3.8) is 0 Å². The molecular formula is C12H13ClINO. The molecule has 1 aromatic rings. The van der Waals surface area contributed by atoms with Crippen LogP contribution in [-0.2, 0) is 4.79 Å². The lowest BCUT2D eigenvalue weighted by molar-refractivity contribution is -0.118. The second kappa shape index (κ2) is 4.18. The molecule has 1 aliphatic rings. The minimum absolute atomic E-state index is 0.116. The fourth-order valence-electron chi connectivity index (χ4n) is 1.73. The average molecular weight is 350 g/mol. The maximum absolute atomic E-state index is 11.9. The number of rotatable bonds is 2. The molecule has 0 aliphatic heterocycles. The lowest BCUT2D eigenvalue weighted by Gasteiger charge is -2.08. The Balaban J connectivity index is 2.07. The van der Waals surface area contributed by atoms with Gasteiger partial charge in [-0.3, -0.25) is 4.79 Å². The number of carbonyl (C=O) groups is 1. The lowest BCUT2D eigenvalue weighted by atomic mass is 10.1. The van der Waals surface area contributed by atoms with Crippen LogP contribution >= 0.6 is 34.2 Å². The summed E-state index contributed by atoms with van der Waals surface area (Å²) in [4.78, 5) is 11.9. The van der Waals surface area contributed by atoms with Crippen LogP contribution in [0.25, 0.3) is 0 Å². The topological polar surface area (TPSA) is 29.1 Å². The molecule has 0 spiro atoms. The molecule has 1 aromatic carbocycles. The largest absolute Gasteiger partial charge is 0.325 e. The van der Waals surface area contributed by atoms with E-state index in [9.17, 15) is 4.79 Å². The molecule has 2 rings (SSSR count). The van der Waals surface area contributed by atoms with E-state index < -0.39 is 0 Å². The number of hydrogen-bond donors (Lipinski definition) is 1. The predicted molar refractivity (Wildman–Crippen MR) is 74.7 cm³/mol. The number of anilines is 1. The number of hydrogen-bond acceptors (Lipinski definition) is 1. The zero-order valence-electron chi connectivity index (χ0n) is 9.18. The average Bonchev–Trinajstić information content (AvgIpc) is 2.80. The number of nitrogens with one attached hydrogen (secondary N) is 1. The van der Waals surface area contributed by atoms with Crippen LogP contribution in [0.15, 0.2) is 18.2 Å². The molecule has 1 amide bonds. The Hall–Kier alpha value is -0.290. The van der Waals surface area contributed by atoms with E-state index in [2.05, 4.69) is 41.8 Å². The van der Waals surface area contributed by atoms with Gasteiger partial charge in [-0.15, -0.1) is 0 Å². The Morgan fingerprint density at radius 3 is 2.69 bits per heavy atom. The van der Waals surface area contributed by atoms with Crippen LogP contribution < -0.4 is 5.32 Å². The van der Waals surface area contributed by atoms with Crippen LogP contribution in [-0.4, -0.2) is 5.91 Å². The quantitative estimate of drug-likeness (QED) is 0.805. The third-order valence-electron chi connectivity index (χ3n) is 3.02. The van der Waals surface area contributed by atoms with Crippen LogP contribution in [0.4, 0.5) is 5.69 Å². The van der Waals surface area contributed by atoms with Crippen molar-refractivity contribution in [2.24, 2.45) is 11.3 Å². The van der Waals surface area contributed by atoms with Gasteiger partial charge in [0.15, 0.2) is 0 Å². The van der Waals surface area contributed by atoms with Gasteiger partial charge in [-0.1, -0.05) is 25.4 Å². The molecule has 1 atom stereocenters. The molecule has 0 radical (unpaired) electrons. The third-order valence-corrected chi connectivity index (χ3v) is 4.15. The van der Waals surface area contributed by atoms with Gasteiger partial charge in [0.1, 0.15) is 0 Å². The standard InChI is InChI=1S/C12H13ClINO/c1-12(2)6-8(12)11(16)15-10-4-3-7(13)5-9(10)14/h3-5,8H,6H2,1-2H3,(H,15,16). The molecule has 1 N–H and O–H groups in total. The minimum Gasteiger partial charge on any atom is -0.325 e. The highest BCUT2D eigenvalue weighted by Crippen LogP contribution is 2.52. The van der Waals surface area contributed by atoms with Gasteiger partial charge in [-0.25, -0.2) is 0 Å². The van der Waals surface area contributed by atoms with Gasteiger partial charge in [0.25, 0.3) is 0 Å². The van der Waals surface area contributed by atoms with E-state index in [0.29, 0.717) is 5.02 Å². The first-order valence-corrected chi connectivity index (χ1v) is 6.62. The summed E-state index contributed by atoms with van der Waals surface area (Å²) in [5, 5.41) is 3.64. The molecule has 0 aromatic heterocycles. The molecule has 16 heavy (non-hydrogen) atoms. The second-order valence-corrected chi connectivity index (χ2v) is 6.46. The van der Waals surface area contributed by atoms with Gasteiger partial charge in [-0.2, -0.15) is 0 Å². The Kier molecular flexibility index (Phi) is 3.18. The summed E-state index contributed by atoms with van der Waals surface area (Å²) in [7, 11) is 0. The lowest BCUT2D eigenvalue weighted by Crippen LogP contribution is -2.17. The molecule has 86 valence electrons. The van der Waals surface area contributed by atoms with Crippen LogP contribution in [0.2, 0.25) is 5.02 Å². The van der Waals surface area contributed by atoms with Crippen LogP contribution in [0, 0.1) is 14.9 Å². The Morgan fingerprint density at radius 2 is 2.19 bits per heavy atom. The Morgan fingerprint density at radius 1 is 1.56 bits per heavy atom. The normalized spacial score (nSPS) is 21.6. The van der Waals surface area contributed by atoms with Crippen molar-refractivity contribution in [2.75, 3.05) is 5.32 Å². The van der Waals surface area contributed by atoms with E-state index in [1.54, 1.807) is 6.07 Å². The molecule has 4 heteroatoms. The van der Waals surface area contributed by atoms with Gasteiger partial charge in [0.2, 0.25) is 5.91 Å². The summed E-state index contributed by atoms with van der Waals surface area (Å²) in [5.41, 5.74) is 1.01. The van der Waals surface area contributed by atoms with Crippen molar-refractivity contribution >= 4 is 45.8 Å². The Bertz CT molecular complexity index is 445. The molecular weight excluding hydrogens is 336 g/mol. The van der Waals surface area contributed by atoms with Crippen molar-refractivity contribution < 1.29 is 4.79 Å². The summed E-state index contributed by atoms with van der Waals surface area (Å²) >= 11 is 8.03. The Labute approximate surface area is 114 Å².